The highest BCUT2D eigenvalue weighted by Crippen LogP contribution is 2.36. The summed E-state index contributed by atoms with van der Waals surface area (Å²) in [5, 5.41) is 8.77. The molecule has 1 unspecified atom stereocenters. The van der Waals surface area contributed by atoms with Gasteiger partial charge in [0.2, 0.25) is 0 Å². The van der Waals surface area contributed by atoms with Gasteiger partial charge in [0, 0.05) is 24.3 Å². The molecule has 2 saturated heterocycles. The second kappa shape index (κ2) is 9.62. The molecule has 174 valence electrons. The summed E-state index contributed by atoms with van der Waals surface area (Å²) in [6.45, 7) is 3.31. The SMILES string of the molecule is CC1(C2CCN(C(=O)c3cccc(OCC(=O)O)c3)CC2)CN(c2ccccc2)C(=O)CO1. The van der Waals surface area contributed by atoms with Gasteiger partial charge in [-0.15, -0.1) is 0 Å². The van der Waals surface area contributed by atoms with Crippen LogP contribution in [0, 0.1) is 5.92 Å². The summed E-state index contributed by atoms with van der Waals surface area (Å²) >= 11 is 0. The van der Waals surface area contributed by atoms with Gasteiger partial charge in [-0.3, -0.25) is 9.59 Å². The van der Waals surface area contributed by atoms with Crippen LogP contribution in [-0.2, 0) is 14.3 Å². The molecule has 0 spiro atoms. The Kier molecular flexibility index (Phi) is 6.65. The lowest BCUT2D eigenvalue weighted by Crippen LogP contribution is -2.58. The topological polar surface area (TPSA) is 96.4 Å². The molecule has 2 aliphatic heterocycles. The minimum Gasteiger partial charge on any atom is -0.482 e. The molecule has 2 amide bonds. The van der Waals surface area contributed by atoms with E-state index in [9.17, 15) is 14.4 Å². The molecular weight excluding hydrogens is 424 g/mol. The van der Waals surface area contributed by atoms with Crippen molar-refractivity contribution in [2.24, 2.45) is 5.92 Å². The van der Waals surface area contributed by atoms with Gasteiger partial charge in [-0.2, -0.15) is 0 Å². The van der Waals surface area contributed by atoms with Crippen LogP contribution in [-0.4, -0.2) is 66.2 Å². The molecule has 2 aliphatic rings. The van der Waals surface area contributed by atoms with Gasteiger partial charge in [-0.05, 0) is 56.0 Å². The Morgan fingerprint density at radius 1 is 1.12 bits per heavy atom. The first-order chi connectivity index (χ1) is 15.9. The van der Waals surface area contributed by atoms with Crippen molar-refractivity contribution < 1.29 is 29.0 Å². The van der Waals surface area contributed by atoms with E-state index in [0.29, 0.717) is 30.9 Å². The molecule has 1 N–H and O–H groups in total. The van der Waals surface area contributed by atoms with Crippen molar-refractivity contribution in [1.29, 1.82) is 0 Å². The minimum absolute atomic E-state index is 0.0451. The number of amides is 2. The number of likely N-dealkylation sites (tertiary alicyclic amines) is 1. The van der Waals surface area contributed by atoms with Crippen molar-refractivity contribution in [3.8, 4) is 5.75 Å². The fraction of sp³-hybridized carbons (Fsp3) is 0.400. The number of aliphatic carboxylic acids is 1. The molecule has 2 heterocycles. The zero-order chi connectivity index (χ0) is 23.4. The molecule has 8 nitrogen and oxygen atoms in total. The molecular formula is C25H28N2O6. The number of carbonyl (C=O) groups excluding carboxylic acids is 2. The van der Waals surface area contributed by atoms with Gasteiger partial charge in [-0.25, -0.2) is 4.79 Å². The summed E-state index contributed by atoms with van der Waals surface area (Å²) in [4.78, 5) is 39.8. The fourth-order valence-corrected chi connectivity index (χ4v) is 4.58. The number of ether oxygens (including phenoxy) is 2. The van der Waals surface area contributed by atoms with Gasteiger partial charge in [0.05, 0.1) is 12.1 Å². The van der Waals surface area contributed by atoms with E-state index in [2.05, 4.69) is 6.92 Å². The van der Waals surface area contributed by atoms with Crippen molar-refractivity contribution in [2.75, 3.05) is 37.7 Å². The number of rotatable bonds is 6. The fourth-order valence-electron chi connectivity index (χ4n) is 4.58. The number of piperidine rings is 1. The van der Waals surface area contributed by atoms with Crippen molar-refractivity contribution >= 4 is 23.5 Å². The van der Waals surface area contributed by atoms with Crippen LogP contribution in [0.4, 0.5) is 5.69 Å². The smallest absolute Gasteiger partial charge is 0.341 e. The monoisotopic (exact) mass is 452 g/mol. The van der Waals surface area contributed by atoms with Crippen LogP contribution in [0.25, 0.3) is 0 Å². The van der Waals surface area contributed by atoms with Gasteiger partial charge < -0.3 is 24.4 Å². The molecule has 8 heteroatoms. The lowest BCUT2D eigenvalue weighted by atomic mass is 9.80. The number of para-hydroxylation sites is 1. The van der Waals surface area contributed by atoms with Crippen LogP contribution in [0.2, 0.25) is 0 Å². The molecule has 33 heavy (non-hydrogen) atoms. The lowest BCUT2D eigenvalue weighted by molar-refractivity contribution is -0.145. The van der Waals surface area contributed by atoms with Crippen LogP contribution >= 0.6 is 0 Å². The minimum atomic E-state index is -1.07. The standard InChI is InChI=1S/C25H28N2O6/c1-25(17-27(22(28)15-33-25)20-7-3-2-4-8-20)19-10-12-26(13-11-19)24(31)18-6-5-9-21(14-18)32-16-23(29)30/h2-9,14,19H,10-13,15-17H2,1H3,(H,29,30). The molecule has 2 aromatic rings. The van der Waals surface area contributed by atoms with Crippen LogP contribution in [0.15, 0.2) is 54.6 Å². The average Bonchev–Trinajstić information content (AvgIpc) is 2.85. The predicted molar refractivity (Wildman–Crippen MR) is 121 cm³/mol. The number of hydrogen-bond donors (Lipinski definition) is 1. The van der Waals surface area contributed by atoms with Crippen LogP contribution in [0.1, 0.15) is 30.1 Å². The summed E-state index contributed by atoms with van der Waals surface area (Å²) < 4.78 is 11.2. The number of nitrogens with zero attached hydrogens (tertiary/aromatic N) is 2. The molecule has 0 radical (unpaired) electrons. The van der Waals surface area contributed by atoms with Gasteiger partial charge in [0.1, 0.15) is 12.4 Å². The first kappa shape index (κ1) is 22.8. The summed E-state index contributed by atoms with van der Waals surface area (Å²) in [7, 11) is 0. The average molecular weight is 453 g/mol. The third kappa shape index (κ3) is 5.17. The number of carbonyl (C=O) groups is 3. The maximum absolute atomic E-state index is 13.0. The number of carboxylic acids is 1. The quantitative estimate of drug-likeness (QED) is 0.724. The third-order valence-corrected chi connectivity index (χ3v) is 6.46. The second-order valence-electron chi connectivity index (χ2n) is 8.69. The zero-order valence-corrected chi connectivity index (χ0v) is 18.6. The van der Waals surface area contributed by atoms with Crippen molar-refractivity contribution in [2.45, 2.75) is 25.4 Å². The number of morpholine rings is 1. The van der Waals surface area contributed by atoms with Crippen LogP contribution in [0.3, 0.4) is 0 Å². The summed E-state index contributed by atoms with van der Waals surface area (Å²) in [6.07, 6.45) is 1.54. The number of benzene rings is 2. The Labute approximate surface area is 192 Å². The van der Waals surface area contributed by atoms with E-state index in [0.717, 1.165) is 18.5 Å². The molecule has 0 saturated carbocycles. The highest BCUT2D eigenvalue weighted by molar-refractivity contribution is 5.95. The van der Waals surface area contributed by atoms with E-state index in [1.54, 1.807) is 34.1 Å². The van der Waals surface area contributed by atoms with Gasteiger partial charge in [0.15, 0.2) is 6.61 Å². The Balaban J connectivity index is 1.38. The van der Waals surface area contributed by atoms with E-state index >= 15 is 0 Å². The highest BCUT2D eigenvalue weighted by atomic mass is 16.5. The first-order valence-electron chi connectivity index (χ1n) is 11.1. The number of anilines is 1. The van der Waals surface area contributed by atoms with Crippen molar-refractivity contribution in [3.63, 3.8) is 0 Å². The number of carboxylic acid groups (broad SMARTS) is 1. The normalized spacial score (nSPS) is 21.7. The van der Waals surface area contributed by atoms with E-state index in [4.69, 9.17) is 14.6 Å². The predicted octanol–water partition coefficient (Wildman–Crippen LogP) is 2.82. The summed E-state index contributed by atoms with van der Waals surface area (Å²) in [6, 6.07) is 16.2. The van der Waals surface area contributed by atoms with Gasteiger partial charge >= 0.3 is 5.97 Å². The maximum Gasteiger partial charge on any atom is 0.341 e. The van der Waals surface area contributed by atoms with Crippen molar-refractivity contribution in [3.05, 3.63) is 60.2 Å². The number of hydrogen-bond acceptors (Lipinski definition) is 5. The maximum atomic E-state index is 13.0. The van der Waals surface area contributed by atoms with E-state index < -0.39 is 18.2 Å². The van der Waals surface area contributed by atoms with Crippen molar-refractivity contribution in [1.82, 2.24) is 4.90 Å². The Morgan fingerprint density at radius 3 is 2.55 bits per heavy atom. The Morgan fingerprint density at radius 2 is 1.85 bits per heavy atom. The second-order valence-corrected chi connectivity index (χ2v) is 8.69. The Hall–Kier alpha value is -3.39. The molecule has 0 bridgehead atoms. The van der Waals surface area contributed by atoms with E-state index in [1.165, 1.54) is 0 Å². The molecule has 2 fully saturated rings. The first-order valence-corrected chi connectivity index (χ1v) is 11.1. The van der Waals surface area contributed by atoms with Crippen LogP contribution in [0.5, 0.6) is 5.75 Å². The highest BCUT2D eigenvalue weighted by Gasteiger charge is 2.44. The molecule has 4 rings (SSSR count). The molecule has 1 atom stereocenters. The van der Waals surface area contributed by atoms with Crippen LogP contribution < -0.4 is 9.64 Å². The van der Waals surface area contributed by atoms with Gasteiger partial charge in [0.25, 0.3) is 11.8 Å². The van der Waals surface area contributed by atoms with E-state index in [1.807, 2.05) is 30.3 Å². The van der Waals surface area contributed by atoms with E-state index in [-0.39, 0.29) is 24.3 Å². The summed E-state index contributed by atoms with van der Waals surface area (Å²) in [5.41, 5.74) is 0.857. The Bertz CT molecular complexity index is 1020. The van der Waals surface area contributed by atoms with Gasteiger partial charge in [-0.1, -0.05) is 24.3 Å². The zero-order valence-electron chi connectivity index (χ0n) is 18.6. The summed E-state index contributed by atoms with van der Waals surface area (Å²) in [5.74, 6) is -0.654. The largest absolute Gasteiger partial charge is 0.482 e. The third-order valence-electron chi connectivity index (χ3n) is 6.46. The molecule has 0 aromatic heterocycles. The molecule has 0 aliphatic carbocycles. The lowest BCUT2D eigenvalue weighted by Gasteiger charge is -2.47. The molecule has 2 aromatic carbocycles.